The Hall–Kier alpha value is -2.07. The Morgan fingerprint density at radius 3 is 2.29 bits per heavy atom. The van der Waals surface area contributed by atoms with Gasteiger partial charge in [0.05, 0.1) is 0 Å². The number of halogens is 1. The monoisotopic (exact) mass is 376 g/mol. The molecule has 28 heavy (non-hydrogen) atoms. The van der Waals surface area contributed by atoms with Gasteiger partial charge in [0.1, 0.15) is 5.82 Å². The van der Waals surface area contributed by atoms with Crippen molar-refractivity contribution in [2.45, 2.75) is 77.6 Å². The summed E-state index contributed by atoms with van der Waals surface area (Å²) in [6.45, 7) is 4.32. The van der Waals surface area contributed by atoms with Gasteiger partial charge in [-0.15, -0.1) is 0 Å². The van der Waals surface area contributed by atoms with Crippen LogP contribution in [0.5, 0.6) is 0 Å². The molecule has 0 unspecified atom stereocenters. The Balaban J connectivity index is 1.53. The van der Waals surface area contributed by atoms with Gasteiger partial charge in [-0.2, -0.15) is 0 Å². The molecule has 0 nitrogen and oxygen atoms in total. The summed E-state index contributed by atoms with van der Waals surface area (Å²) in [6, 6.07) is 14.8. The molecule has 1 aliphatic carbocycles. The summed E-state index contributed by atoms with van der Waals surface area (Å²) in [7, 11) is 0. The van der Waals surface area contributed by atoms with Gasteiger partial charge in [-0.05, 0) is 79.7 Å². The lowest BCUT2D eigenvalue weighted by Crippen LogP contribution is -2.12. The number of benzene rings is 2. The standard InChI is InChI=1S/C27H33F/c1-3-5-7-21-10-15-24(16-11-21)25-17-12-22(13-18-25)8-9-23-14-19-26(6-4-2)27(28)20-23/h10-11,14-16,19-20,22,25H,3-7,12-13,17-18H2,1-2H3/t22-,25-. The summed E-state index contributed by atoms with van der Waals surface area (Å²) in [4.78, 5) is 0. The first-order valence-corrected chi connectivity index (χ1v) is 11.1. The lowest BCUT2D eigenvalue weighted by Gasteiger charge is -2.26. The van der Waals surface area contributed by atoms with Crippen molar-refractivity contribution in [2.75, 3.05) is 0 Å². The maximum atomic E-state index is 14.1. The average Bonchev–Trinajstić information content (AvgIpc) is 2.73. The van der Waals surface area contributed by atoms with Crippen LogP contribution in [0.1, 0.15) is 87.0 Å². The number of aryl methyl sites for hydroxylation is 2. The first kappa shape index (κ1) is 20.7. The van der Waals surface area contributed by atoms with Gasteiger partial charge in [0, 0.05) is 11.5 Å². The third-order valence-corrected chi connectivity index (χ3v) is 5.99. The molecule has 2 aromatic rings. The molecule has 0 bridgehead atoms. The van der Waals surface area contributed by atoms with Crippen molar-refractivity contribution in [1.29, 1.82) is 0 Å². The van der Waals surface area contributed by atoms with E-state index in [4.69, 9.17) is 0 Å². The van der Waals surface area contributed by atoms with Gasteiger partial charge in [0.15, 0.2) is 0 Å². The molecule has 0 radical (unpaired) electrons. The summed E-state index contributed by atoms with van der Waals surface area (Å²) in [6.07, 6.45) is 10.2. The van der Waals surface area contributed by atoms with Crippen LogP contribution in [0, 0.1) is 23.6 Å². The highest BCUT2D eigenvalue weighted by Gasteiger charge is 2.21. The fraction of sp³-hybridized carbons (Fsp3) is 0.481. The molecule has 1 fully saturated rings. The smallest absolute Gasteiger partial charge is 0.127 e. The molecule has 0 saturated heterocycles. The molecule has 0 atom stereocenters. The van der Waals surface area contributed by atoms with Gasteiger partial charge in [0.2, 0.25) is 0 Å². The minimum atomic E-state index is -0.111. The Morgan fingerprint density at radius 1 is 0.893 bits per heavy atom. The number of rotatable bonds is 6. The van der Waals surface area contributed by atoms with Gasteiger partial charge in [-0.3, -0.25) is 0 Å². The maximum Gasteiger partial charge on any atom is 0.127 e. The topological polar surface area (TPSA) is 0 Å². The molecule has 3 rings (SSSR count). The quantitative estimate of drug-likeness (QED) is 0.459. The summed E-state index contributed by atoms with van der Waals surface area (Å²) in [5.74, 6) is 7.62. The average molecular weight is 377 g/mol. The number of unbranched alkanes of at least 4 members (excludes halogenated alkanes) is 1. The van der Waals surface area contributed by atoms with Crippen molar-refractivity contribution in [3.05, 3.63) is 70.5 Å². The van der Waals surface area contributed by atoms with Crippen LogP contribution in [0.25, 0.3) is 0 Å². The molecular formula is C27H33F. The predicted molar refractivity (Wildman–Crippen MR) is 117 cm³/mol. The van der Waals surface area contributed by atoms with Crippen LogP contribution in [0.15, 0.2) is 42.5 Å². The van der Waals surface area contributed by atoms with E-state index in [1.54, 1.807) is 6.07 Å². The summed E-state index contributed by atoms with van der Waals surface area (Å²) >= 11 is 0. The Labute approximate surface area is 170 Å². The van der Waals surface area contributed by atoms with Crippen molar-refractivity contribution in [2.24, 2.45) is 5.92 Å². The molecule has 2 aromatic carbocycles. The van der Waals surface area contributed by atoms with Crippen molar-refractivity contribution < 1.29 is 4.39 Å². The first-order valence-electron chi connectivity index (χ1n) is 11.1. The van der Waals surface area contributed by atoms with Crippen molar-refractivity contribution >= 4 is 0 Å². The van der Waals surface area contributed by atoms with Crippen LogP contribution in [-0.4, -0.2) is 0 Å². The second-order valence-electron chi connectivity index (χ2n) is 8.22. The molecule has 0 heterocycles. The van der Waals surface area contributed by atoms with E-state index in [0.717, 1.165) is 36.8 Å². The molecule has 1 heteroatoms. The highest BCUT2D eigenvalue weighted by molar-refractivity contribution is 5.37. The highest BCUT2D eigenvalue weighted by Crippen LogP contribution is 2.35. The van der Waals surface area contributed by atoms with E-state index < -0.39 is 0 Å². The van der Waals surface area contributed by atoms with Gasteiger partial charge in [0.25, 0.3) is 0 Å². The number of hydrogen-bond acceptors (Lipinski definition) is 0. The van der Waals surface area contributed by atoms with Crippen LogP contribution in [-0.2, 0) is 12.8 Å². The fourth-order valence-corrected chi connectivity index (χ4v) is 4.19. The molecule has 148 valence electrons. The van der Waals surface area contributed by atoms with Gasteiger partial charge >= 0.3 is 0 Å². The highest BCUT2D eigenvalue weighted by atomic mass is 19.1. The third kappa shape index (κ3) is 5.71. The van der Waals surface area contributed by atoms with Crippen LogP contribution in [0.4, 0.5) is 4.39 Å². The second-order valence-corrected chi connectivity index (χ2v) is 8.22. The van der Waals surface area contributed by atoms with Gasteiger partial charge in [-0.1, -0.05) is 68.9 Å². The predicted octanol–water partition coefficient (Wildman–Crippen LogP) is 7.45. The van der Waals surface area contributed by atoms with E-state index in [-0.39, 0.29) is 5.82 Å². The summed E-state index contributed by atoms with van der Waals surface area (Å²) in [5.41, 5.74) is 4.55. The zero-order valence-corrected chi connectivity index (χ0v) is 17.4. The van der Waals surface area contributed by atoms with E-state index in [9.17, 15) is 4.39 Å². The Bertz CT molecular complexity index is 798. The van der Waals surface area contributed by atoms with E-state index >= 15 is 0 Å². The van der Waals surface area contributed by atoms with Gasteiger partial charge in [-0.25, -0.2) is 4.39 Å². The van der Waals surface area contributed by atoms with Crippen molar-refractivity contribution in [3.8, 4) is 11.8 Å². The van der Waals surface area contributed by atoms with Crippen LogP contribution in [0.2, 0.25) is 0 Å². The minimum absolute atomic E-state index is 0.111. The number of hydrogen-bond donors (Lipinski definition) is 0. The Kier molecular flexibility index (Phi) is 7.72. The summed E-state index contributed by atoms with van der Waals surface area (Å²) < 4.78 is 14.1. The molecular weight excluding hydrogens is 343 g/mol. The van der Waals surface area contributed by atoms with E-state index in [1.807, 2.05) is 12.1 Å². The molecule has 1 aliphatic rings. The van der Waals surface area contributed by atoms with E-state index in [0.29, 0.717) is 11.8 Å². The van der Waals surface area contributed by atoms with Crippen LogP contribution in [0.3, 0.4) is 0 Å². The molecule has 0 amide bonds. The maximum absolute atomic E-state index is 14.1. The lowest BCUT2D eigenvalue weighted by molar-refractivity contribution is 0.384. The van der Waals surface area contributed by atoms with Crippen LogP contribution < -0.4 is 0 Å². The van der Waals surface area contributed by atoms with Crippen molar-refractivity contribution in [1.82, 2.24) is 0 Å². The molecule has 0 spiro atoms. The normalized spacial score (nSPS) is 19.1. The Morgan fingerprint density at radius 2 is 1.64 bits per heavy atom. The van der Waals surface area contributed by atoms with Gasteiger partial charge < -0.3 is 0 Å². The van der Waals surface area contributed by atoms with Crippen LogP contribution >= 0.6 is 0 Å². The first-order chi connectivity index (χ1) is 13.7. The SMILES string of the molecule is CCCCc1ccc([C@H]2CC[C@H](C#Cc3ccc(CCC)c(F)c3)CC2)cc1. The second kappa shape index (κ2) is 10.5. The molecule has 0 aromatic heterocycles. The van der Waals surface area contributed by atoms with Crippen molar-refractivity contribution in [3.63, 3.8) is 0 Å². The molecule has 0 aliphatic heterocycles. The molecule has 0 N–H and O–H groups in total. The lowest BCUT2D eigenvalue weighted by atomic mass is 9.78. The zero-order valence-electron chi connectivity index (χ0n) is 17.4. The largest absolute Gasteiger partial charge is 0.207 e. The molecule has 1 saturated carbocycles. The van der Waals surface area contributed by atoms with E-state index in [2.05, 4.69) is 50.0 Å². The van der Waals surface area contributed by atoms with E-state index in [1.165, 1.54) is 43.2 Å². The zero-order chi connectivity index (χ0) is 19.8. The minimum Gasteiger partial charge on any atom is -0.207 e. The summed E-state index contributed by atoms with van der Waals surface area (Å²) in [5, 5.41) is 0. The third-order valence-electron chi connectivity index (χ3n) is 5.99. The fourth-order valence-electron chi connectivity index (χ4n) is 4.19.